The molecule has 7 heteroatoms. The number of oxazole rings is 1. The summed E-state index contributed by atoms with van der Waals surface area (Å²) in [4.78, 5) is 24.0. The van der Waals surface area contributed by atoms with Crippen molar-refractivity contribution in [2.24, 2.45) is 0 Å². The molecule has 1 aliphatic heterocycles. The maximum Gasteiger partial charge on any atom is 0.414 e. The van der Waals surface area contributed by atoms with Gasteiger partial charge in [0.05, 0.1) is 29.5 Å². The summed E-state index contributed by atoms with van der Waals surface area (Å²) in [6, 6.07) is 4.84. The van der Waals surface area contributed by atoms with Gasteiger partial charge in [0.2, 0.25) is 0 Å². The lowest BCUT2D eigenvalue weighted by molar-refractivity contribution is 0.175. The second-order valence-electron chi connectivity index (χ2n) is 9.23. The van der Waals surface area contributed by atoms with E-state index in [0.29, 0.717) is 6.04 Å². The van der Waals surface area contributed by atoms with Crippen LogP contribution >= 0.6 is 0 Å². The Morgan fingerprint density at radius 2 is 1.97 bits per heavy atom. The molecule has 1 atom stereocenters. The summed E-state index contributed by atoms with van der Waals surface area (Å²) in [5, 5.41) is 0. The van der Waals surface area contributed by atoms with E-state index in [1.807, 2.05) is 6.92 Å². The predicted molar refractivity (Wildman–Crippen MR) is 123 cm³/mol. The van der Waals surface area contributed by atoms with E-state index in [4.69, 9.17) is 14.1 Å². The van der Waals surface area contributed by atoms with Crippen LogP contribution in [0, 0.1) is 6.92 Å². The molecule has 1 aromatic carbocycles. The third-order valence-corrected chi connectivity index (χ3v) is 7.07. The molecule has 0 unspecified atom stereocenters. The van der Waals surface area contributed by atoms with Crippen LogP contribution in [0.5, 0.6) is 0 Å². The molecular formula is C25H32N4O3. The monoisotopic (exact) mass is 436 g/mol. The van der Waals surface area contributed by atoms with Gasteiger partial charge in [-0.25, -0.2) is 14.8 Å². The summed E-state index contributed by atoms with van der Waals surface area (Å²) < 4.78 is 13.2. The molecule has 1 saturated carbocycles. The van der Waals surface area contributed by atoms with Gasteiger partial charge in [-0.2, -0.15) is 0 Å². The van der Waals surface area contributed by atoms with Crippen molar-refractivity contribution >= 4 is 22.8 Å². The summed E-state index contributed by atoms with van der Waals surface area (Å²) in [7, 11) is 1.45. The fraction of sp³-hybridized carbons (Fsp3) is 0.560. The zero-order valence-corrected chi connectivity index (χ0v) is 19.3. The summed E-state index contributed by atoms with van der Waals surface area (Å²) in [6.45, 7) is 4.03. The molecule has 0 bridgehead atoms. The van der Waals surface area contributed by atoms with Crippen molar-refractivity contribution in [3.8, 4) is 0 Å². The number of hydrogen-bond acceptors (Lipinski definition) is 5. The second kappa shape index (κ2) is 8.60. The number of aryl methyl sites for hydroxylation is 4. The van der Waals surface area contributed by atoms with Crippen molar-refractivity contribution in [2.45, 2.75) is 83.7 Å². The van der Waals surface area contributed by atoms with Crippen molar-refractivity contribution in [3.05, 3.63) is 41.4 Å². The highest BCUT2D eigenvalue weighted by molar-refractivity contribution is 5.95. The third-order valence-electron chi connectivity index (χ3n) is 7.07. The van der Waals surface area contributed by atoms with E-state index < -0.39 is 0 Å². The Kier molecular flexibility index (Phi) is 5.66. The van der Waals surface area contributed by atoms with Crippen LogP contribution < -0.4 is 4.90 Å². The summed E-state index contributed by atoms with van der Waals surface area (Å²) in [5.41, 5.74) is 5.23. The maximum atomic E-state index is 12.5. The Morgan fingerprint density at radius 3 is 2.69 bits per heavy atom. The molecule has 0 spiro atoms. The first-order valence-electron chi connectivity index (χ1n) is 11.9. The number of anilines is 1. The first kappa shape index (κ1) is 21.0. The van der Waals surface area contributed by atoms with Crippen LogP contribution in [0.1, 0.15) is 74.5 Å². The lowest BCUT2D eigenvalue weighted by Crippen LogP contribution is -2.42. The van der Waals surface area contributed by atoms with Gasteiger partial charge in [-0.1, -0.05) is 19.3 Å². The minimum absolute atomic E-state index is 0.112. The van der Waals surface area contributed by atoms with Crippen LogP contribution in [-0.4, -0.2) is 33.8 Å². The number of amides is 1. The van der Waals surface area contributed by atoms with Crippen molar-refractivity contribution in [2.75, 3.05) is 12.0 Å². The molecule has 2 aromatic heterocycles. The van der Waals surface area contributed by atoms with Gasteiger partial charge in [-0.15, -0.1) is 0 Å². The Bertz CT molecular complexity index is 1130. The van der Waals surface area contributed by atoms with Crippen molar-refractivity contribution in [1.82, 2.24) is 14.5 Å². The van der Waals surface area contributed by atoms with E-state index >= 15 is 0 Å². The fourth-order valence-corrected chi connectivity index (χ4v) is 5.48. The van der Waals surface area contributed by atoms with Gasteiger partial charge in [-0.3, -0.25) is 4.90 Å². The molecule has 0 N–H and O–H groups in total. The van der Waals surface area contributed by atoms with Gasteiger partial charge in [0.15, 0.2) is 5.89 Å². The van der Waals surface area contributed by atoms with Crippen LogP contribution in [0.3, 0.4) is 0 Å². The Labute approximate surface area is 188 Å². The van der Waals surface area contributed by atoms with Gasteiger partial charge in [0.1, 0.15) is 12.1 Å². The molecule has 32 heavy (non-hydrogen) atoms. The van der Waals surface area contributed by atoms with E-state index in [2.05, 4.69) is 28.6 Å². The lowest BCUT2D eigenvalue weighted by atomic mass is 9.94. The second-order valence-corrected chi connectivity index (χ2v) is 9.23. The molecule has 2 aliphatic rings. The highest BCUT2D eigenvalue weighted by Gasteiger charge is 2.32. The molecule has 1 amide bonds. The minimum atomic E-state index is -0.302. The molecule has 170 valence electrons. The number of carbonyl (C=O) groups excluding carboxylic acids is 1. The molecular weight excluding hydrogens is 404 g/mol. The largest absolute Gasteiger partial charge is 0.452 e. The van der Waals surface area contributed by atoms with Crippen LogP contribution in [0.4, 0.5) is 10.5 Å². The average Bonchev–Trinajstić information content (AvgIpc) is 3.40. The number of rotatable bonds is 4. The van der Waals surface area contributed by atoms with Gasteiger partial charge in [-0.05, 0) is 51.7 Å². The first-order valence-corrected chi connectivity index (χ1v) is 11.9. The Morgan fingerprint density at radius 1 is 1.16 bits per heavy atom. The third kappa shape index (κ3) is 3.67. The number of fused-ring (bicyclic) bond motifs is 3. The smallest absolute Gasteiger partial charge is 0.414 e. The van der Waals surface area contributed by atoms with Crippen LogP contribution in [-0.2, 0) is 24.0 Å². The number of imidazole rings is 1. The topological polar surface area (TPSA) is 73.4 Å². The van der Waals surface area contributed by atoms with Crippen molar-refractivity contribution in [3.63, 3.8) is 0 Å². The molecule has 7 nitrogen and oxygen atoms in total. The quantitative estimate of drug-likeness (QED) is 0.538. The number of aromatic nitrogens is 3. The lowest BCUT2D eigenvalue weighted by Gasteiger charge is -2.34. The maximum absolute atomic E-state index is 12.5. The molecule has 0 radical (unpaired) electrons. The zero-order chi connectivity index (χ0) is 22.2. The van der Waals surface area contributed by atoms with E-state index in [1.54, 1.807) is 11.2 Å². The fourth-order valence-electron chi connectivity index (χ4n) is 5.48. The highest BCUT2D eigenvalue weighted by atomic mass is 16.5. The SMILES string of the molecule is COC(=O)N1c2ccc3c(nc(CCc4nc(C)co4)n3C3CCCCC3)c2CC[C@@H]1C. The van der Waals surface area contributed by atoms with Gasteiger partial charge < -0.3 is 13.7 Å². The number of benzene rings is 1. The number of ether oxygens (including phenoxy) is 1. The molecule has 3 aromatic rings. The highest BCUT2D eigenvalue weighted by Crippen LogP contribution is 2.39. The molecule has 1 fully saturated rings. The number of carbonyl (C=O) groups is 1. The normalized spacial score (nSPS) is 19.3. The molecule has 1 aliphatic carbocycles. The number of nitrogens with zero attached hydrogens (tertiary/aromatic N) is 4. The summed E-state index contributed by atoms with van der Waals surface area (Å²) in [5.74, 6) is 1.86. The first-order chi connectivity index (χ1) is 15.6. The standard InChI is InChI=1S/C25H32N4O3/c1-16-15-32-23(26-16)14-13-22-27-24-19-10-9-17(2)28(25(30)31-3)20(19)11-12-21(24)29(22)18-7-5-4-6-8-18/h11-12,15,17-18H,4-10,13-14H2,1-3H3/t17-/m0/s1. The predicted octanol–water partition coefficient (Wildman–Crippen LogP) is 5.53. The van der Waals surface area contributed by atoms with E-state index in [1.165, 1.54) is 44.7 Å². The number of hydrogen-bond donors (Lipinski definition) is 0. The van der Waals surface area contributed by atoms with E-state index in [9.17, 15) is 4.79 Å². The van der Waals surface area contributed by atoms with Crippen LogP contribution in [0.15, 0.2) is 22.8 Å². The van der Waals surface area contributed by atoms with Gasteiger partial charge in [0.25, 0.3) is 0 Å². The molecule has 0 saturated heterocycles. The van der Waals surface area contributed by atoms with Gasteiger partial charge >= 0.3 is 6.09 Å². The molecule has 3 heterocycles. The van der Waals surface area contributed by atoms with Crippen LogP contribution in [0.2, 0.25) is 0 Å². The van der Waals surface area contributed by atoms with E-state index in [0.717, 1.165) is 59.9 Å². The van der Waals surface area contributed by atoms with E-state index in [-0.39, 0.29) is 12.1 Å². The average molecular weight is 437 g/mol. The Balaban J connectivity index is 1.59. The minimum Gasteiger partial charge on any atom is -0.452 e. The summed E-state index contributed by atoms with van der Waals surface area (Å²) in [6.07, 6.45) is 11.0. The van der Waals surface area contributed by atoms with Crippen molar-refractivity contribution < 1.29 is 13.9 Å². The Hall–Kier alpha value is -2.83. The van der Waals surface area contributed by atoms with Gasteiger partial charge in [0, 0.05) is 30.5 Å². The molecule has 5 rings (SSSR count). The van der Waals surface area contributed by atoms with Crippen molar-refractivity contribution in [1.29, 1.82) is 0 Å². The van der Waals surface area contributed by atoms with Crippen LogP contribution in [0.25, 0.3) is 11.0 Å². The number of methoxy groups -OCH3 is 1. The summed E-state index contributed by atoms with van der Waals surface area (Å²) >= 11 is 0. The zero-order valence-electron chi connectivity index (χ0n) is 19.3.